The van der Waals surface area contributed by atoms with E-state index in [0.717, 1.165) is 11.8 Å². The maximum absolute atomic E-state index is 11.8. The molecule has 7 heteroatoms. The molecule has 6 nitrogen and oxygen atoms in total. The fourth-order valence-corrected chi connectivity index (χ4v) is 2.88. The van der Waals surface area contributed by atoms with Crippen LogP contribution in [0.15, 0.2) is 24.3 Å². The summed E-state index contributed by atoms with van der Waals surface area (Å²) in [6.07, 6.45) is 1.29. The second-order valence-electron chi connectivity index (χ2n) is 5.46. The predicted molar refractivity (Wildman–Crippen MR) is 79.6 cm³/mol. The number of anilines is 1. The zero-order valence-corrected chi connectivity index (χ0v) is 12.8. The molecule has 0 aliphatic rings. The molecule has 0 saturated carbocycles. The molecule has 1 aromatic rings. The molecular weight excluding hydrogens is 278 g/mol. The molecule has 20 heavy (non-hydrogen) atoms. The molecule has 0 fully saturated rings. The minimum absolute atomic E-state index is 0.182. The van der Waals surface area contributed by atoms with Gasteiger partial charge in [-0.25, -0.2) is 13.1 Å². The highest BCUT2D eigenvalue weighted by Gasteiger charge is 2.22. The minimum Gasteiger partial charge on any atom is -0.399 e. The van der Waals surface area contributed by atoms with E-state index in [1.165, 1.54) is 0 Å². The molecule has 0 spiro atoms. The molecule has 4 N–H and O–H groups in total. The molecule has 0 unspecified atom stereocenters. The SMILES string of the molecule is CC(C)(CNC(=O)Cc1cccc(N)c1)NS(C)(=O)=O. The molecule has 0 bridgehead atoms. The first kappa shape index (κ1) is 16.5. The summed E-state index contributed by atoms with van der Waals surface area (Å²) in [5, 5.41) is 2.71. The standard InChI is InChI=1S/C13H21N3O3S/c1-13(2,16-20(3,18)19)9-15-12(17)8-10-5-4-6-11(14)7-10/h4-7,16H,8-9,14H2,1-3H3,(H,15,17). The van der Waals surface area contributed by atoms with Crippen LogP contribution >= 0.6 is 0 Å². The van der Waals surface area contributed by atoms with Crippen molar-refractivity contribution in [2.75, 3.05) is 18.5 Å². The molecule has 0 radical (unpaired) electrons. The Bertz CT molecular complexity index is 582. The number of nitrogens with one attached hydrogen (secondary N) is 2. The number of sulfonamides is 1. The Morgan fingerprint density at radius 3 is 2.55 bits per heavy atom. The van der Waals surface area contributed by atoms with Crippen LogP contribution in [0.4, 0.5) is 5.69 Å². The second kappa shape index (κ2) is 6.23. The van der Waals surface area contributed by atoms with Crippen molar-refractivity contribution in [2.24, 2.45) is 0 Å². The lowest BCUT2D eigenvalue weighted by Crippen LogP contribution is -2.51. The zero-order valence-electron chi connectivity index (χ0n) is 11.9. The van der Waals surface area contributed by atoms with Crippen LogP contribution in [0.25, 0.3) is 0 Å². The molecule has 112 valence electrons. The van der Waals surface area contributed by atoms with Crippen LogP contribution in [-0.4, -0.2) is 32.7 Å². The molecule has 0 aromatic heterocycles. The van der Waals surface area contributed by atoms with Crippen LogP contribution in [0.2, 0.25) is 0 Å². The Hall–Kier alpha value is -1.60. The van der Waals surface area contributed by atoms with Crippen LogP contribution in [0.3, 0.4) is 0 Å². The highest BCUT2D eigenvalue weighted by Crippen LogP contribution is 2.07. The summed E-state index contributed by atoms with van der Waals surface area (Å²) in [7, 11) is -3.31. The Kier molecular flexibility index (Phi) is 5.13. The van der Waals surface area contributed by atoms with Gasteiger partial charge in [-0.1, -0.05) is 12.1 Å². The maximum atomic E-state index is 11.8. The molecular formula is C13H21N3O3S. The fraction of sp³-hybridized carbons (Fsp3) is 0.462. The van der Waals surface area contributed by atoms with Gasteiger partial charge in [-0.15, -0.1) is 0 Å². The van der Waals surface area contributed by atoms with Crippen LogP contribution in [0.5, 0.6) is 0 Å². The second-order valence-corrected chi connectivity index (χ2v) is 7.21. The first-order valence-electron chi connectivity index (χ1n) is 6.17. The van der Waals surface area contributed by atoms with Gasteiger partial charge in [-0.05, 0) is 31.5 Å². The number of carbonyl (C=O) groups is 1. The third kappa shape index (κ3) is 6.53. The summed E-state index contributed by atoms with van der Waals surface area (Å²) in [5.41, 5.74) is 6.32. The molecule has 0 saturated heterocycles. The summed E-state index contributed by atoms with van der Waals surface area (Å²) < 4.78 is 24.8. The summed E-state index contributed by atoms with van der Waals surface area (Å²) in [4.78, 5) is 11.8. The van der Waals surface area contributed by atoms with E-state index in [-0.39, 0.29) is 18.9 Å². The number of benzene rings is 1. The van der Waals surface area contributed by atoms with Gasteiger partial charge in [0.1, 0.15) is 0 Å². The third-order valence-electron chi connectivity index (χ3n) is 2.50. The van der Waals surface area contributed by atoms with Gasteiger partial charge in [0.15, 0.2) is 0 Å². The quantitative estimate of drug-likeness (QED) is 0.656. The largest absolute Gasteiger partial charge is 0.399 e. The van der Waals surface area contributed by atoms with Crippen molar-refractivity contribution in [2.45, 2.75) is 25.8 Å². The summed E-state index contributed by atoms with van der Waals surface area (Å²) in [5.74, 6) is -0.182. The predicted octanol–water partition coefficient (Wildman–Crippen LogP) is 0.255. The molecule has 0 atom stereocenters. The van der Waals surface area contributed by atoms with Crippen molar-refractivity contribution in [3.8, 4) is 0 Å². The number of nitrogen functional groups attached to an aromatic ring is 1. The Balaban J connectivity index is 2.51. The van der Waals surface area contributed by atoms with Crippen molar-refractivity contribution in [1.82, 2.24) is 10.0 Å². The van der Waals surface area contributed by atoms with Gasteiger partial charge in [0.2, 0.25) is 15.9 Å². The van der Waals surface area contributed by atoms with E-state index >= 15 is 0 Å². The highest BCUT2D eigenvalue weighted by atomic mass is 32.2. The van der Waals surface area contributed by atoms with Gasteiger partial charge in [-0.3, -0.25) is 4.79 Å². The van der Waals surface area contributed by atoms with Crippen LogP contribution in [0.1, 0.15) is 19.4 Å². The van der Waals surface area contributed by atoms with Gasteiger partial charge >= 0.3 is 0 Å². The number of amides is 1. The monoisotopic (exact) mass is 299 g/mol. The lowest BCUT2D eigenvalue weighted by atomic mass is 10.1. The molecule has 0 aliphatic heterocycles. The van der Waals surface area contributed by atoms with E-state index in [2.05, 4.69) is 10.0 Å². The molecule has 0 heterocycles. The molecule has 0 aliphatic carbocycles. The summed E-state index contributed by atoms with van der Waals surface area (Å²) >= 11 is 0. The van der Waals surface area contributed by atoms with Crippen molar-refractivity contribution in [1.29, 1.82) is 0 Å². The van der Waals surface area contributed by atoms with Gasteiger partial charge < -0.3 is 11.1 Å². The lowest BCUT2D eigenvalue weighted by molar-refractivity contribution is -0.120. The van der Waals surface area contributed by atoms with Crippen molar-refractivity contribution in [3.63, 3.8) is 0 Å². The van der Waals surface area contributed by atoms with Gasteiger partial charge in [-0.2, -0.15) is 0 Å². The van der Waals surface area contributed by atoms with E-state index in [1.807, 2.05) is 6.07 Å². The number of nitrogens with two attached hydrogens (primary N) is 1. The Morgan fingerprint density at radius 2 is 2.00 bits per heavy atom. The average molecular weight is 299 g/mol. The van der Waals surface area contributed by atoms with Crippen LogP contribution < -0.4 is 15.8 Å². The summed E-state index contributed by atoms with van der Waals surface area (Å²) in [6.45, 7) is 3.62. The summed E-state index contributed by atoms with van der Waals surface area (Å²) in [6, 6.07) is 7.09. The molecule has 1 aromatic carbocycles. The van der Waals surface area contributed by atoms with Crippen LogP contribution in [-0.2, 0) is 21.2 Å². The molecule has 1 amide bonds. The zero-order chi connectivity index (χ0) is 15.4. The van der Waals surface area contributed by atoms with Gasteiger partial charge in [0, 0.05) is 17.8 Å². The topological polar surface area (TPSA) is 101 Å². The van der Waals surface area contributed by atoms with E-state index in [0.29, 0.717) is 5.69 Å². The van der Waals surface area contributed by atoms with Gasteiger partial charge in [0.05, 0.1) is 12.7 Å². The first-order valence-corrected chi connectivity index (χ1v) is 8.07. The molecule has 1 rings (SSSR count). The number of hydrogen-bond donors (Lipinski definition) is 3. The minimum atomic E-state index is -3.31. The number of hydrogen-bond acceptors (Lipinski definition) is 4. The van der Waals surface area contributed by atoms with E-state index < -0.39 is 15.6 Å². The van der Waals surface area contributed by atoms with Crippen molar-refractivity contribution < 1.29 is 13.2 Å². The van der Waals surface area contributed by atoms with Crippen LogP contribution in [0, 0.1) is 0 Å². The average Bonchev–Trinajstić information content (AvgIpc) is 2.23. The third-order valence-corrected chi connectivity index (χ3v) is 3.43. The van der Waals surface area contributed by atoms with E-state index in [1.54, 1.807) is 32.0 Å². The Labute approximate surface area is 119 Å². The normalized spacial score (nSPS) is 12.2. The maximum Gasteiger partial charge on any atom is 0.224 e. The number of rotatable bonds is 6. The fourth-order valence-electron chi connectivity index (χ4n) is 1.81. The smallest absolute Gasteiger partial charge is 0.224 e. The van der Waals surface area contributed by atoms with Gasteiger partial charge in [0.25, 0.3) is 0 Å². The first-order chi connectivity index (χ1) is 9.07. The number of carbonyl (C=O) groups excluding carboxylic acids is 1. The van der Waals surface area contributed by atoms with E-state index in [4.69, 9.17) is 5.73 Å². The Morgan fingerprint density at radius 1 is 1.35 bits per heavy atom. The van der Waals surface area contributed by atoms with E-state index in [9.17, 15) is 13.2 Å². The van der Waals surface area contributed by atoms with Crippen molar-refractivity contribution in [3.05, 3.63) is 29.8 Å². The lowest BCUT2D eigenvalue weighted by Gasteiger charge is -2.25. The highest BCUT2D eigenvalue weighted by molar-refractivity contribution is 7.88. The van der Waals surface area contributed by atoms with Crippen molar-refractivity contribution >= 4 is 21.6 Å².